The van der Waals surface area contributed by atoms with E-state index in [4.69, 9.17) is 0 Å². The number of hydrazone groups is 1. The topological polar surface area (TPSA) is 15.6 Å². The molecular formula is C11H16N2. The van der Waals surface area contributed by atoms with Gasteiger partial charge in [-0.15, -0.1) is 0 Å². The molecule has 0 aliphatic rings. The van der Waals surface area contributed by atoms with Gasteiger partial charge in [0.25, 0.3) is 0 Å². The van der Waals surface area contributed by atoms with Crippen LogP contribution in [0.1, 0.15) is 6.92 Å². The molecule has 0 fully saturated rings. The van der Waals surface area contributed by atoms with Crippen LogP contribution in [0.2, 0.25) is 0 Å². The summed E-state index contributed by atoms with van der Waals surface area (Å²) in [5.41, 5.74) is 1.71. The standard InChI is InChI=1S/C11H16N2/c1-6-7-8-11(4)13(5)12-9-10(2)3/h6-9H,1-2,4H2,3,5H3/b8-7-,12-9-. The third kappa shape index (κ3) is 5.67. The Kier molecular flexibility index (Phi) is 5.28. The monoisotopic (exact) mass is 176 g/mol. The van der Waals surface area contributed by atoms with Gasteiger partial charge in [-0.1, -0.05) is 31.9 Å². The molecule has 0 heterocycles. The van der Waals surface area contributed by atoms with Crippen molar-refractivity contribution in [3.05, 3.63) is 49.2 Å². The van der Waals surface area contributed by atoms with Gasteiger partial charge in [0.1, 0.15) is 0 Å². The van der Waals surface area contributed by atoms with E-state index in [2.05, 4.69) is 24.8 Å². The van der Waals surface area contributed by atoms with Crippen molar-refractivity contribution in [2.45, 2.75) is 6.92 Å². The molecule has 0 saturated carbocycles. The van der Waals surface area contributed by atoms with Gasteiger partial charge in [0.2, 0.25) is 0 Å². The van der Waals surface area contributed by atoms with Crippen molar-refractivity contribution in [1.29, 1.82) is 0 Å². The molecule has 0 N–H and O–H groups in total. The van der Waals surface area contributed by atoms with E-state index >= 15 is 0 Å². The van der Waals surface area contributed by atoms with E-state index in [9.17, 15) is 0 Å². The molecule has 0 rings (SSSR count). The Bertz CT molecular complexity index is 259. The van der Waals surface area contributed by atoms with Crippen molar-refractivity contribution in [2.24, 2.45) is 5.10 Å². The fourth-order valence-electron chi connectivity index (χ4n) is 0.546. The number of rotatable bonds is 5. The van der Waals surface area contributed by atoms with Gasteiger partial charge in [-0.05, 0) is 18.6 Å². The van der Waals surface area contributed by atoms with Crippen LogP contribution in [-0.2, 0) is 0 Å². The normalized spacial score (nSPS) is 10.6. The van der Waals surface area contributed by atoms with Crippen LogP contribution in [0.5, 0.6) is 0 Å². The molecule has 0 atom stereocenters. The van der Waals surface area contributed by atoms with Gasteiger partial charge in [0.15, 0.2) is 0 Å². The van der Waals surface area contributed by atoms with Gasteiger partial charge in [0.05, 0.1) is 5.70 Å². The lowest BCUT2D eigenvalue weighted by Crippen LogP contribution is -2.07. The summed E-state index contributed by atoms with van der Waals surface area (Å²) in [6.45, 7) is 13.0. The summed E-state index contributed by atoms with van der Waals surface area (Å²) in [5.74, 6) is 0. The second-order valence-corrected chi connectivity index (χ2v) is 2.70. The minimum Gasteiger partial charge on any atom is -0.269 e. The van der Waals surface area contributed by atoms with Gasteiger partial charge < -0.3 is 0 Å². The van der Waals surface area contributed by atoms with Gasteiger partial charge in [0, 0.05) is 13.3 Å². The molecule has 70 valence electrons. The molecule has 0 bridgehead atoms. The van der Waals surface area contributed by atoms with Crippen molar-refractivity contribution in [1.82, 2.24) is 5.01 Å². The molecule has 0 unspecified atom stereocenters. The number of allylic oxidation sites excluding steroid dienone is 4. The zero-order chi connectivity index (χ0) is 10.3. The third-order valence-corrected chi connectivity index (χ3v) is 1.29. The lowest BCUT2D eigenvalue weighted by molar-refractivity contribution is 0.465. The maximum Gasteiger partial charge on any atom is 0.0518 e. The zero-order valence-electron chi connectivity index (χ0n) is 8.33. The predicted molar refractivity (Wildman–Crippen MR) is 59.5 cm³/mol. The Morgan fingerprint density at radius 1 is 1.38 bits per heavy atom. The van der Waals surface area contributed by atoms with Crippen LogP contribution in [0.4, 0.5) is 0 Å². The Morgan fingerprint density at radius 3 is 2.46 bits per heavy atom. The van der Waals surface area contributed by atoms with E-state index in [-0.39, 0.29) is 0 Å². The Morgan fingerprint density at radius 2 is 2.00 bits per heavy atom. The molecule has 2 nitrogen and oxygen atoms in total. The summed E-state index contributed by atoms with van der Waals surface area (Å²) in [4.78, 5) is 0. The Hall–Kier alpha value is -1.57. The summed E-state index contributed by atoms with van der Waals surface area (Å²) < 4.78 is 0. The first-order valence-corrected chi connectivity index (χ1v) is 3.99. The molecule has 0 saturated heterocycles. The highest BCUT2D eigenvalue weighted by Crippen LogP contribution is 2.00. The van der Waals surface area contributed by atoms with Crippen molar-refractivity contribution in [3.8, 4) is 0 Å². The first kappa shape index (κ1) is 11.4. The van der Waals surface area contributed by atoms with E-state index in [0.717, 1.165) is 11.3 Å². The fraction of sp³-hybridized carbons (Fsp3) is 0.182. The summed E-state index contributed by atoms with van der Waals surface area (Å²) in [7, 11) is 1.83. The average Bonchev–Trinajstić information content (AvgIpc) is 2.10. The van der Waals surface area contributed by atoms with Crippen molar-refractivity contribution < 1.29 is 0 Å². The number of hydrogen-bond donors (Lipinski definition) is 0. The van der Waals surface area contributed by atoms with Gasteiger partial charge >= 0.3 is 0 Å². The second-order valence-electron chi connectivity index (χ2n) is 2.70. The van der Waals surface area contributed by atoms with Gasteiger partial charge in [-0.3, -0.25) is 5.01 Å². The van der Waals surface area contributed by atoms with Crippen LogP contribution in [0, 0.1) is 0 Å². The van der Waals surface area contributed by atoms with Crippen LogP contribution in [-0.4, -0.2) is 18.3 Å². The van der Waals surface area contributed by atoms with Crippen molar-refractivity contribution >= 4 is 6.21 Å². The van der Waals surface area contributed by atoms with E-state index in [1.165, 1.54) is 0 Å². The largest absolute Gasteiger partial charge is 0.269 e. The summed E-state index contributed by atoms with van der Waals surface area (Å²) in [6.07, 6.45) is 7.03. The molecule has 0 aliphatic carbocycles. The molecule has 0 aromatic rings. The third-order valence-electron chi connectivity index (χ3n) is 1.29. The van der Waals surface area contributed by atoms with Crippen LogP contribution in [0.3, 0.4) is 0 Å². The Labute approximate surface area is 80.3 Å². The highest BCUT2D eigenvalue weighted by Gasteiger charge is 1.92. The molecule has 13 heavy (non-hydrogen) atoms. The highest BCUT2D eigenvalue weighted by molar-refractivity contribution is 5.76. The molecule has 0 aliphatic heterocycles. The van der Waals surface area contributed by atoms with Crippen LogP contribution < -0.4 is 0 Å². The van der Waals surface area contributed by atoms with Crippen LogP contribution in [0.25, 0.3) is 0 Å². The first-order chi connectivity index (χ1) is 6.07. The summed E-state index contributed by atoms with van der Waals surface area (Å²) in [5, 5.41) is 5.78. The lowest BCUT2D eigenvalue weighted by atomic mass is 10.4. The van der Waals surface area contributed by atoms with Crippen molar-refractivity contribution in [2.75, 3.05) is 7.05 Å². The van der Waals surface area contributed by atoms with Crippen molar-refractivity contribution in [3.63, 3.8) is 0 Å². The maximum atomic E-state index is 4.10. The summed E-state index contributed by atoms with van der Waals surface area (Å²) >= 11 is 0. The lowest BCUT2D eigenvalue weighted by Gasteiger charge is -2.11. The molecule has 2 heteroatoms. The van der Waals surface area contributed by atoms with Crippen LogP contribution in [0.15, 0.2) is 54.3 Å². The molecule has 0 spiro atoms. The number of hydrogen-bond acceptors (Lipinski definition) is 2. The maximum absolute atomic E-state index is 4.10. The van der Waals surface area contributed by atoms with Gasteiger partial charge in [-0.25, -0.2) is 0 Å². The quantitative estimate of drug-likeness (QED) is 0.357. The van der Waals surface area contributed by atoms with E-state index < -0.39 is 0 Å². The molecular weight excluding hydrogens is 160 g/mol. The van der Waals surface area contributed by atoms with Crippen LogP contribution >= 0.6 is 0 Å². The van der Waals surface area contributed by atoms with E-state index in [1.807, 2.05) is 26.1 Å². The Balaban J connectivity index is 4.18. The molecule has 0 aromatic carbocycles. The molecule has 0 aromatic heterocycles. The first-order valence-electron chi connectivity index (χ1n) is 3.99. The predicted octanol–water partition coefficient (Wildman–Crippen LogP) is 2.74. The fourth-order valence-corrected chi connectivity index (χ4v) is 0.546. The molecule has 0 amide bonds. The number of nitrogens with zero attached hydrogens (tertiary/aromatic N) is 2. The van der Waals surface area contributed by atoms with E-state index in [0.29, 0.717) is 0 Å². The highest BCUT2D eigenvalue weighted by atomic mass is 15.4. The van der Waals surface area contributed by atoms with Gasteiger partial charge in [-0.2, -0.15) is 5.10 Å². The summed E-state index contributed by atoms with van der Waals surface area (Å²) in [6, 6.07) is 0. The number of likely N-dealkylation sites (N-methyl/N-ethyl adjacent to an activating group) is 1. The minimum atomic E-state index is 0.803. The SMILES string of the molecule is C=C/C=C\C(=C)N(C)/N=C\C(=C)C. The smallest absolute Gasteiger partial charge is 0.0518 e. The zero-order valence-corrected chi connectivity index (χ0v) is 8.33. The minimum absolute atomic E-state index is 0.803. The average molecular weight is 176 g/mol. The molecule has 0 radical (unpaired) electrons. The second kappa shape index (κ2) is 6.00. The van der Waals surface area contributed by atoms with E-state index in [1.54, 1.807) is 17.3 Å².